The van der Waals surface area contributed by atoms with Crippen LogP contribution in [0.4, 0.5) is 10.1 Å². The highest BCUT2D eigenvalue weighted by molar-refractivity contribution is 5.70. The van der Waals surface area contributed by atoms with Gasteiger partial charge in [0.25, 0.3) is 0 Å². The molecule has 122 valence electrons. The SMILES string of the molecule is CCC(C[18F])COc1ccc(/C=C/c2ccc(NC)cc2)cn1. The molecule has 4 heteroatoms. The lowest BCUT2D eigenvalue weighted by molar-refractivity contribution is 0.206. The molecule has 0 aliphatic carbocycles. The zero-order chi connectivity index (χ0) is 16.5. The number of anilines is 1. The third-order valence-electron chi connectivity index (χ3n) is 3.69. The molecule has 1 atom stereocenters. The first-order chi connectivity index (χ1) is 11.2. The summed E-state index contributed by atoms with van der Waals surface area (Å²) >= 11 is 0. The summed E-state index contributed by atoms with van der Waals surface area (Å²) in [6, 6.07) is 11.9. The van der Waals surface area contributed by atoms with E-state index in [1.165, 1.54) is 0 Å². The molecule has 2 rings (SSSR count). The van der Waals surface area contributed by atoms with Crippen LogP contribution in [0.2, 0.25) is 0 Å². The zero-order valence-corrected chi connectivity index (χ0v) is 13.6. The molecule has 0 radical (unpaired) electrons. The van der Waals surface area contributed by atoms with Gasteiger partial charge < -0.3 is 10.1 Å². The first-order valence-corrected chi connectivity index (χ1v) is 7.86. The van der Waals surface area contributed by atoms with Gasteiger partial charge in [0.05, 0.1) is 13.3 Å². The highest BCUT2D eigenvalue weighted by Gasteiger charge is 2.06. The standard InChI is InChI=1S/C19H23FN2O/c1-3-15(12-20)14-23-19-11-8-17(13-22-19)5-4-16-6-9-18(21-2)10-7-16/h4-11,13,15,21H,3,12,14H2,1-2H3/b5-4+/i20-1. The molecule has 1 aromatic heterocycles. The number of halogens is 1. The second kappa shape index (κ2) is 8.93. The van der Waals surface area contributed by atoms with Crippen LogP contribution in [0.25, 0.3) is 12.2 Å². The molecule has 23 heavy (non-hydrogen) atoms. The molecule has 0 aliphatic rings. The van der Waals surface area contributed by atoms with E-state index in [1.54, 1.807) is 6.20 Å². The Balaban J connectivity index is 1.92. The quantitative estimate of drug-likeness (QED) is 0.769. The molecule has 0 spiro atoms. The minimum absolute atomic E-state index is 0.0584. The Labute approximate surface area is 137 Å². The zero-order valence-electron chi connectivity index (χ0n) is 13.6. The van der Waals surface area contributed by atoms with Crippen LogP contribution in [-0.2, 0) is 0 Å². The number of alkyl halides is 1. The summed E-state index contributed by atoms with van der Waals surface area (Å²) in [5, 5.41) is 3.09. The Morgan fingerprint density at radius 2 is 1.83 bits per heavy atom. The van der Waals surface area contributed by atoms with E-state index in [9.17, 15) is 4.39 Å². The fraction of sp³-hybridized carbons (Fsp3) is 0.316. The summed E-state index contributed by atoms with van der Waals surface area (Å²) in [7, 11) is 1.90. The van der Waals surface area contributed by atoms with Crippen molar-refractivity contribution in [2.45, 2.75) is 13.3 Å². The van der Waals surface area contributed by atoms with Crippen LogP contribution in [0.1, 0.15) is 24.5 Å². The van der Waals surface area contributed by atoms with Crippen molar-refractivity contribution >= 4 is 17.8 Å². The Morgan fingerprint density at radius 1 is 1.13 bits per heavy atom. The van der Waals surface area contributed by atoms with Crippen LogP contribution >= 0.6 is 0 Å². The fourth-order valence-electron chi connectivity index (χ4n) is 2.00. The van der Waals surface area contributed by atoms with E-state index in [0.29, 0.717) is 12.5 Å². The first-order valence-electron chi connectivity index (χ1n) is 7.86. The fourth-order valence-corrected chi connectivity index (χ4v) is 2.00. The van der Waals surface area contributed by atoms with Crippen LogP contribution in [-0.4, -0.2) is 25.3 Å². The number of ether oxygens (including phenoxy) is 1. The molecule has 0 saturated carbocycles. The number of hydrogen-bond donors (Lipinski definition) is 1. The summed E-state index contributed by atoms with van der Waals surface area (Å²) in [4.78, 5) is 4.25. The molecule has 0 bridgehead atoms. The minimum Gasteiger partial charge on any atom is -0.477 e. The van der Waals surface area contributed by atoms with Gasteiger partial charge in [-0.1, -0.05) is 31.2 Å². The molecule has 2 aromatic rings. The molecule has 0 saturated heterocycles. The Morgan fingerprint density at radius 3 is 2.39 bits per heavy atom. The summed E-state index contributed by atoms with van der Waals surface area (Å²) in [5.74, 6) is 0.476. The lowest BCUT2D eigenvalue weighted by atomic mass is 10.1. The van der Waals surface area contributed by atoms with Gasteiger partial charge in [0.15, 0.2) is 0 Å². The molecule has 1 unspecified atom stereocenters. The third kappa shape index (κ3) is 5.40. The van der Waals surface area contributed by atoms with Crippen LogP contribution < -0.4 is 10.1 Å². The number of pyridine rings is 1. The van der Waals surface area contributed by atoms with Crippen LogP contribution in [0.3, 0.4) is 0 Å². The average Bonchev–Trinajstić information content (AvgIpc) is 2.62. The predicted octanol–water partition coefficient (Wildman–Crippen LogP) is 4.67. The average molecular weight is 313 g/mol. The first kappa shape index (κ1) is 17.0. The van der Waals surface area contributed by atoms with Gasteiger partial charge in [-0.3, -0.25) is 4.39 Å². The van der Waals surface area contributed by atoms with Gasteiger partial charge in [-0.2, -0.15) is 0 Å². The molecular weight excluding hydrogens is 290 g/mol. The summed E-state index contributed by atoms with van der Waals surface area (Å²) < 4.78 is 18.1. The topological polar surface area (TPSA) is 34.1 Å². The van der Waals surface area contributed by atoms with Gasteiger partial charge in [-0.15, -0.1) is 0 Å². The highest BCUT2D eigenvalue weighted by atomic mass is 18.2. The molecule has 3 nitrogen and oxygen atoms in total. The maximum Gasteiger partial charge on any atom is 0.213 e. The number of rotatable bonds is 8. The van der Waals surface area contributed by atoms with Crippen LogP contribution in [0.5, 0.6) is 5.88 Å². The van der Waals surface area contributed by atoms with Crippen LogP contribution in [0.15, 0.2) is 42.6 Å². The Kier molecular flexibility index (Phi) is 6.60. The van der Waals surface area contributed by atoms with Gasteiger partial charge in [0, 0.05) is 30.9 Å². The van der Waals surface area contributed by atoms with E-state index < -0.39 is 0 Å². The number of nitrogens with one attached hydrogen (secondary N) is 1. The van der Waals surface area contributed by atoms with Crippen molar-refractivity contribution in [3.63, 3.8) is 0 Å². The lowest BCUT2D eigenvalue weighted by Gasteiger charge is -2.11. The van der Waals surface area contributed by atoms with Crippen molar-refractivity contribution in [3.8, 4) is 5.88 Å². The normalized spacial score (nSPS) is 12.3. The van der Waals surface area contributed by atoms with E-state index >= 15 is 0 Å². The van der Waals surface area contributed by atoms with Crippen molar-refractivity contribution in [2.24, 2.45) is 5.92 Å². The van der Waals surface area contributed by atoms with Crippen molar-refractivity contribution in [1.82, 2.24) is 4.98 Å². The van der Waals surface area contributed by atoms with E-state index in [2.05, 4.69) is 22.4 Å². The van der Waals surface area contributed by atoms with Gasteiger partial charge >= 0.3 is 0 Å². The number of nitrogens with zero attached hydrogens (tertiary/aromatic N) is 1. The van der Waals surface area contributed by atoms with Crippen LogP contribution in [0, 0.1) is 5.92 Å². The van der Waals surface area contributed by atoms with Gasteiger partial charge in [0.2, 0.25) is 5.88 Å². The molecule has 1 heterocycles. The van der Waals surface area contributed by atoms with Crippen molar-refractivity contribution in [1.29, 1.82) is 0 Å². The maximum absolute atomic E-state index is 12.6. The highest BCUT2D eigenvalue weighted by Crippen LogP contribution is 2.14. The number of benzene rings is 1. The number of hydrogen-bond acceptors (Lipinski definition) is 3. The van der Waals surface area contributed by atoms with Gasteiger partial charge in [-0.25, -0.2) is 4.98 Å². The van der Waals surface area contributed by atoms with E-state index in [4.69, 9.17) is 4.74 Å². The predicted molar refractivity (Wildman–Crippen MR) is 94.4 cm³/mol. The van der Waals surface area contributed by atoms with E-state index in [0.717, 1.165) is 23.2 Å². The molecule has 1 aromatic carbocycles. The third-order valence-corrected chi connectivity index (χ3v) is 3.69. The molecule has 0 fully saturated rings. The molecule has 1 N–H and O–H groups in total. The van der Waals surface area contributed by atoms with Crippen molar-refractivity contribution in [2.75, 3.05) is 25.6 Å². The summed E-state index contributed by atoms with van der Waals surface area (Å²) in [6.45, 7) is 1.97. The molecule has 0 amide bonds. The van der Waals surface area contributed by atoms with Crippen molar-refractivity contribution in [3.05, 3.63) is 53.7 Å². The van der Waals surface area contributed by atoms with Gasteiger partial charge in [0.1, 0.15) is 0 Å². The summed E-state index contributed by atoms with van der Waals surface area (Å²) in [6.07, 6.45) is 6.56. The summed E-state index contributed by atoms with van der Waals surface area (Å²) in [5.41, 5.74) is 3.20. The molecular formula is C19H23FN2O. The Bertz CT molecular complexity index is 604. The molecule has 0 aliphatic heterocycles. The second-order valence-electron chi connectivity index (χ2n) is 5.37. The second-order valence-corrected chi connectivity index (χ2v) is 5.37. The monoisotopic (exact) mass is 313 g/mol. The van der Waals surface area contributed by atoms with E-state index in [-0.39, 0.29) is 12.6 Å². The largest absolute Gasteiger partial charge is 0.477 e. The Hall–Kier alpha value is -2.36. The smallest absolute Gasteiger partial charge is 0.213 e. The maximum atomic E-state index is 12.6. The lowest BCUT2D eigenvalue weighted by Crippen LogP contribution is -2.13. The number of aromatic nitrogens is 1. The minimum atomic E-state index is -0.357. The van der Waals surface area contributed by atoms with Gasteiger partial charge in [-0.05, 0) is 35.7 Å². The van der Waals surface area contributed by atoms with E-state index in [1.807, 2.05) is 50.4 Å². The van der Waals surface area contributed by atoms with Crippen molar-refractivity contribution < 1.29 is 9.13 Å².